The fourth-order valence-corrected chi connectivity index (χ4v) is 4.46. The number of hydrogen-bond acceptors (Lipinski definition) is 2. The van der Waals surface area contributed by atoms with Crippen molar-refractivity contribution in [2.24, 2.45) is 5.92 Å². The fraction of sp³-hybridized carbons (Fsp3) is 0.286. The molecule has 1 aliphatic rings. The molecule has 4 rings (SSSR count). The third-order valence-corrected chi connectivity index (χ3v) is 6.34. The van der Waals surface area contributed by atoms with E-state index >= 15 is 0 Å². The summed E-state index contributed by atoms with van der Waals surface area (Å²) in [4.78, 5) is 28.2. The molecule has 0 radical (unpaired) electrons. The molecule has 0 unspecified atom stereocenters. The Bertz CT molecular complexity index is 1040. The van der Waals surface area contributed by atoms with Gasteiger partial charge in [0.15, 0.2) is 0 Å². The number of nitrogens with one attached hydrogen (secondary N) is 2. The van der Waals surface area contributed by atoms with E-state index in [9.17, 15) is 9.59 Å². The lowest BCUT2D eigenvalue weighted by Crippen LogP contribution is -2.50. The van der Waals surface area contributed by atoms with E-state index in [0.717, 1.165) is 29.5 Å². The van der Waals surface area contributed by atoms with Gasteiger partial charge >= 0.3 is 6.03 Å². The maximum absolute atomic E-state index is 13.3. The first-order valence-electron chi connectivity index (χ1n) is 11.6. The van der Waals surface area contributed by atoms with Gasteiger partial charge in [0, 0.05) is 13.1 Å². The first-order valence-corrected chi connectivity index (χ1v) is 11.6. The van der Waals surface area contributed by atoms with Crippen LogP contribution in [0.25, 0.3) is 0 Å². The van der Waals surface area contributed by atoms with Crippen LogP contribution >= 0.6 is 0 Å². The van der Waals surface area contributed by atoms with Gasteiger partial charge in [0.2, 0.25) is 5.91 Å². The summed E-state index contributed by atoms with van der Waals surface area (Å²) in [6, 6.07) is 29.6. The Balaban J connectivity index is 1.46. The van der Waals surface area contributed by atoms with Gasteiger partial charge in [0.25, 0.3) is 0 Å². The Morgan fingerprint density at radius 2 is 1.48 bits per heavy atom. The van der Waals surface area contributed by atoms with Crippen LogP contribution in [-0.2, 0) is 11.3 Å². The number of carbonyl (C=O) groups is 2. The van der Waals surface area contributed by atoms with Crippen LogP contribution < -0.4 is 10.6 Å². The van der Waals surface area contributed by atoms with E-state index in [1.807, 2.05) is 90.7 Å². The SMILES string of the molecule is C[C@H](NC(=O)[C@@H]1CC[C@@H](c2ccccc2)N(C(=O)NCc2ccccc2)C1)c1ccccc1. The molecule has 3 atom stereocenters. The maximum Gasteiger partial charge on any atom is 0.318 e. The zero-order valence-corrected chi connectivity index (χ0v) is 19.0. The summed E-state index contributed by atoms with van der Waals surface area (Å²) in [7, 11) is 0. The van der Waals surface area contributed by atoms with E-state index in [2.05, 4.69) is 22.8 Å². The van der Waals surface area contributed by atoms with Gasteiger partial charge in [-0.1, -0.05) is 91.0 Å². The standard InChI is InChI=1S/C28H31N3O2/c1-21(23-13-7-3-8-14-23)30-27(32)25-17-18-26(24-15-9-4-10-16-24)31(20-25)28(33)29-19-22-11-5-2-6-12-22/h2-16,21,25-26H,17-20H2,1H3,(H,29,33)(H,30,32)/t21-,25+,26-/m0/s1. The number of urea groups is 1. The molecule has 0 spiro atoms. The molecule has 170 valence electrons. The summed E-state index contributed by atoms with van der Waals surface area (Å²) in [5.41, 5.74) is 3.22. The van der Waals surface area contributed by atoms with Gasteiger partial charge in [0.05, 0.1) is 18.0 Å². The molecule has 5 nitrogen and oxygen atoms in total. The smallest absolute Gasteiger partial charge is 0.318 e. The van der Waals surface area contributed by atoms with Gasteiger partial charge in [0.1, 0.15) is 0 Å². The minimum Gasteiger partial charge on any atom is -0.349 e. The molecule has 2 N–H and O–H groups in total. The highest BCUT2D eigenvalue weighted by Crippen LogP contribution is 2.34. The minimum atomic E-state index is -0.237. The van der Waals surface area contributed by atoms with Crippen LogP contribution in [0, 0.1) is 5.92 Å². The molecule has 1 fully saturated rings. The van der Waals surface area contributed by atoms with Crippen molar-refractivity contribution >= 4 is 11.9 Å². The van der Waals surface area contributed by atoms with Gasteiger partial charge in [-0.3, -0.25) is 4.79 Å². The molecule has 0 saturated carbocycles. The van der Waals surface area contributed by atoms with E-state index in [4.69, 9.17) is 0 Å². The van der Waals surface area contributed by atoms with E-state index in [-0.39, 0.29) is 29.9 Å². The van der Waals surface area contributed by atoms with Gasteiger partial charge in [-0.2, -0.15) is 0 Å². The lowest BCUT2D eigenvalue weighted by Gasteiger charge is -2.39. The molecule has 3 amide bonds. The van der Waals surface area contributed by atoms with Crippen molar-refractivity contribution in [3.8, 4) is 0 Å². The van der Waals surface area contributed by atoms with Crippen molar-refractivity contribution in [3.63, 3.8) is 0 Å². The van der Waals surface area contributed by atoms with Crippen LogP contribution in [0.2, 0.25) is 0 Å². The monoisotopic (exact) mass is 441 g/mol. The van der Waals surface area contributed by atoms with E-state index < -0.39 is 0 Å². The third-order valence-electron chi connectivity index (χ3n) is 6.34. The molecule has 33 heavy (non-hydrogen) atoms. The van der Waals surface area contributed by atoms with Crippen LogP contribution in [0.3, 0.4) is 0 Å². The zero-order valence-electron chi connectivity index (χ0n) is 19.0. The second kappa shape index (κ2) is 10.8. The van der Waals surface area contributed by atoms with Crippen LogP contribution in [-0.4, -0.2) is 23.4 Å². The van der Waals surface area contributed by atoms with Gasteiger partial charge in [-0.25, -0.2) is 4.79 Å². The Hall–Kier alpha value is -3.60. The van der Waals surface area contributed by atoms with Crippen LogP contribution in [0.1, 0.15) is 48.5 Å². The number of piperidine rings is 1. The number of hydrogen-bond donors (Lipinski definition) is 2. The molecule has 1 heterocycles. The van der Waals surface area contributed by atoms with Crippen molar-refractivity contribution in [1.82, 2.24) is 15.5 Å². The Kier molecular flexibility index (Phi) is 7.40. The Labute approximate surface area is 195 Å². The molecule has 0 bridgehead atoms. The van der Waals surface area contributed by atoms with Gasteiger partial charge < -0.3 is 15.5 Å². The van der Waals surface area contributed by atoms with E-state index in [0.29, 0.717) is 13.1 Å². The lowest BCUT2D eigenvalue weighted by molar-refractivity contribution is -0.127. The first-order chi connectivity index (χ1) is 16.1. The quantitative estimate of drug-likeness (QED) is 0.550. The van der Waals surface area contributed by atoms with Crippen LogP contribution in [0.15, 0.2) is 91.0 Å². The van der Waals surface area contributed by atoms with Gasteiger partial charge in [-0.15, -0.1) is 0 Å². The predicted octanol–water partition coefficient (Wildman–Crippen LogP) is 5.23. The molecule has 0 aliphatic carbocycles. The summed E-state index contributed by atoms with van der Waals surface area (Å²) in [6.07, 6.45) is 1.50. The summed E-state index contributed by atoms with van der Waals surface area (Å²) in [5, 5.41) is 6.19. The van der Waals surface area contributed by atoms with Crippen molar-refractivity contribution in [3.05, 3.63) is 108 Å². The fourth-order valence-electron chi connectivity index (χ4n) is 4.46. The largest absolute Gasteiger partial charge is 0.349 e. The number of carbonyl (C=O) groups excluding carboxylic acids is 2. The average Bonchev–Trinajstić information content (AvgIpc) is 2.88. The maximum atomic E-state index is 13.3. The number of rotatable bonds is 6. The summed E-state index contributed by atoms with van der Waals surface area (Å²) < 4.78 is 0. The Morgan fingerprint density at radius 1 is 0.879 bits per heavy atom. The molecule has 1 aliphatic heterocycles. The van der Waals surface area contributed by atoms with E-state index in [1.165, 1.54) is 0 Å². The number of nitrogens with zero attached hydrogens (tertiary/aromatic N) is 1. The van der Waals surface area contributed by atoms with Crippen molar-refractivity contribution < 1.29 is 9.59 Å². The van der Waals surface area contributed by atoms with Gasteiger partial charge in [-0.05, 0) is 36.5 Å². The molecular weight excluding hydrogens is 410 g/mol. The summed E-state index contributed by atoms with van der Waals surface area (Å²) in [6.45, 7) is 2.85. The topological polar surface area (TPSA) is 61.4 Å². The molecule has 5 heteroatoms. The highest BCUT2D eigenvalue weighted by molar-refractivity contribution is 5.81. The normalized spacial score (nSPS) is 18.9. The molecule has 3 aromatic carbocycles. The van der Waals surface area contributed by atoms with Crippen molar-refractivity contribution in [2.45, 2.75) is 38.4 Å². The second-order valence-electron chi connectivity index (χ2n) is 8.64. The van der Waals surface area contributed by atoms with E-state index in [1.54, 1.807) is 0 Å². The van der Waals surface area contributed by atoms with Crippen LogP contribution in [0.4, 0.5) is 4.79 Å². The number of likely N-dealkylation sites (tertiary alicyclic amines) is 1. The van der Waals surface area contributed by atoms with Crippen LogP contribution in [0.5, 0.6) is 0 Å². The molecular formula is C28H31N3O2. The highest BCUT2D eigenvalue weighted by Gasteiger charge is 2.35. The summed E-state index contributed by atoms with van der Waals surface area (Å²) >= 11 is 0. The molecule has 3 aromatic rings. The number of benzene rings is 3. The predicted molar refractivity (Wildman–Crippen MR) is 130 cm³/mol. The highest BCUT2D eigenvalue weighted by atomic mass is 16.2. The molecule has 0 aromatic heterocycles. The minimum absolute atomic E-state index is 0.00118. The lowest BCUT2D eigenvalue weighted by atomic mass is 9.88. The first kappa shape index (κ1) is 22.6. The van der Waals surface area contributed by atoms with Crippen molar-refractivity contribution in [2.75, 3.05) is 6.54 Å². The zero-order chi connectivity index (χ0) is 23.0. The molecule has 1 saturated heterocycles. The average molecular weight is 442 g/mol. The Morgan fingerprint density at radius 3 is 2.15 bits per heavy atom. The second-order valence-corrected chi connectivity index (χ2v) is 8.64. The third kappa shape index (κ3) is 5.80. The summed E-state index contributed by atoms with van der Waals surface area (Å²) in [5.74, 6) is -0.239. The number of amides is 3. The van der Waals surface area contributed by atoms with Crippen molar-refractivity contribution in [1.29, 1.82) is 0 Å².